The molecule has 0 aromatic heterocycles. The molecule has 24 heavy (non-hydrogen) atoms. The molecule has 0 saturated carbocycles. The molecule has 0 bridgehead atoms. The molecule has 2 rings (SSSR count). The highest BCUT2D eigenvalue weighted by Crippen LogP contribution is 2.25. The van der Waals surface area contributed by atoms with Crippen molar-refractivity contribution in [3.05, 3.63) is 0 Å². The zero-order valence-electron chi connectivity index (χ0n) is 13.0. The maximum atomic E-state index is 9.91. The van der Waals surface area contributed by atoms with Crippen LogP contribution in [0.15, 0.2) is 0 Å². The molecule has 10 atom stereocenters. The molecule has 0 amide bonds. The van der Waals surface area contributed by atoms with Crippen LogP contribution in [-0.2, 0) is 18.9 Å². The van der Waals surface area contributed by atoms with Gasteiger partial charge in [-0.3, -0.25) is 0 Å². The summed E-state index contributed by atoms with van der Waals surface area (Å²) in [5.74, 6) is 0. The highest BCUT2D eigenvalue weighted by molar-refractivity contribution is 4.91. The minimum absolute atomic E-state index is 0.381. The van der Waals surface area contributed by atoms with Crippen molar-refractivity contribution < 1.29 is 54.7 Å². The van der Waals surface area contributed by atoms with Crippen molar-refractivity contribution in [1.82, 2.24) is 0 Å². The van der Waals surface area contributed by atoms with Gasteiger partial charge in [-0.05, 0) is 0 Å². The van der Waals surface area contributed by atoms with E-state index in [1.54, 1.807) is 0 Å². The van der Waals surface area contributed by atoms with Crippen molar-refractivity contribution in [3.8, 4) is 0 Å². The van der Waals surface area contributed by atoms with E-state index >= 15 is 0 Å². The molecular formula is C13H24O11. The van der Waals surface area contributed by atoms with Crippen molar-refractivity contribution in [3.63, 3.8) is 0 Å². The van der Waals surface area contributed by atoms with Gasteiger partial charge >= 0.3 is 0 Å². The minimum atomic E-state index is -1.60. The number of aliphatic hydroxyl groups excluding tert-OH is 7. The lowest BCUT2D eigenvalue weighted by atomic mass is 9.98. The molecule has 0 radical (unpaired) electrons. The number of hydrogen-bond acceptors (Lipinski definition) is 11. The summed E-state index contributed by atoms with van der Waals surface area (Å²) in [7, 11) is 1.24. The Morgan fingerprint density at radius 3 is 1.75 bits per heavy atom. The molecule has 2 saturated heterocycles. The second-order valence-electron chi connectivity index (χ2n) is 5.78. The highest BCUT2D eigenvalue weighted by Gasteiger charge is 2.47. The summed E-state index contributed by atoms with van der Waals surface area (Å²) in [6.07, 6.45) is -14.0. The maximum Gasteiger partial charge on any atom is 0.186 e. The van der Waals surface area contributed by atoms with Crippen LogP contribution >= 0.6 is 0 Å². The summed E-state index contributed by atoms with van der Waals surface area (Å²) >= 11 is 0. The van der Waals surface area contributed by atoms with E-state index in [0.717, 1.165) is 0 Å². The van der Waals surface area contributed by atoms with Gasteiger partial charge in [0.05, 0.1) is 13.2 Å². The molecule has 11 nitrogen and oxygen atoms in total. The predicted octanol–water partition coefficient (Wildman–Crippen LogP) is -4.74. The van der Waals surface area contributed by atoms with Crippen LogP contribution in [0.4, 0.5) is 0 Å². The maximum absolute atomic E-state index is 9.91. The smallest absolute Gasteiger partial charge is 0.186 e. The Morgan fingerprint density at radius 1 is 0.708 bits per heavy atom. The Kier molecular flexibility index (Phi) is 6.87. The summed E-state index contributed by atoms with van der Waals surface area (Å²) in [5.41, 5.74) is 0. The Labute approximate surface area is 137 Å². The van der Waals surface area contributed by atoms with Crippen LogP contribution in [0.2, 0.25) is 0 Å². The standard InChI is InChI=1S/C13H24O11/c1-21-12-10(19)9(18)7(16)5(24-12)3-22-13-11(20)8(17)6(15)4(2-14)23-13/h4-20H,2-3H2,1H3/t4-,5-,6+,7+,8+,9+,10-,11-,12-,13-/m1/s1. The molecular weight excluding hydrogens is 332 g/mol. The number of rotatable bonds is 5. The van der Waals surface area contributed by atoms with Gasteiger partial charge in [0, 0.05) is 7.11 Å². The van der Waals surface area contributed by atoms with Crippen LogP contribution in [0, 0.1) is 0 Å². The van der Waals surface area contributed by atoms with Gasteiger partial charge in [-0.2, -0.15) is 0 Å². The average Bonchev–Trinajstić information content (AvgIpc) is 2.58. The van der Waals surface area contributed by atoms with E-state index in [1.165, 1.54) is 7.11 Å². The third kappa shape index (κ3) is 3.86. The zero-order valence-corrected chi connectivity index (χ0v) is 13.0. The lowest BCUT2D eigenvalue weighted by molar-refractivity contribution is -0.328. The Balaban J connectivity index is 1.96. The van der Waals surface area contributed by atoms with Crippen molar-refractivity contribution in [1.29, 1.82) is 0 Å². The second kappa shape index (κ2) is 8.29. The summed E-state index contributed by atoms with van der Waals surface area (Å²) in [5, 5.41) is 67.6. The third-order valence-corrected chi connectivity index (χ3v) is 4.17. The van der Waals surface area contributed by atoms with Crippen LogP contribution in [0.3, 0.4) is 0 Å². The van der Waals surface area contributed by atoms with Gasteiger partial charge in [0.2, 0.25) is 0 Å². The first-order chi connectivity index (χ1) is 11.3. The monoisotopic (exact) mass is 356 g/mol. The van der Waals surface area contributed by atoms with E-state index in [4.69, 9.17) is 24.1 Å². The fraction of sp³-hybridized carbons (Fsp3) is 1.00. The van der Waals surface area contributed by atoms with Crippen LogP contribution in [0.1, 0.15) is 0 Å². The lowest BCUT2D eigenvalue weighted by Gasteiger charge is -2.42. The largest absolute Gasteiger partial charge is 0.394 e. The quantitative estimate of drug-likeness (QED) is 0.251. The number of methoxy groups -OCH3 is 1. The first-order valence-corrected chi connectivity index (χ1v) is 7.46. The fourth-order valence-electron chi connectivity index (χ4n) is 2.64. The molecule has 0 spiro atoms. The van der Waals surface area contributed by atoms with Crippen molar-refractivity contribution in [2.24, 2.45) is 0 Å². The molecule has 0 aliphatic carbocycles. The van der Waals surface area contributed by atoms with Crippen molar-refractivity contribution >= 4 is 0 Å². The predicted molar refractivity (Wildman–Crippen MR) is 73.4 cm³/mol. The Hall–Kier alpha value is -0.440. The van der Waals surface area contributed by atoms with Crippen molar-refractivity contribution in [2.75, 3.05) is 20.3 Å². The van der Waals surface area contributed by atoms with Gasteiger partial charge in [0.1, 0.15) is 48.8 Å². The molecule has 2 heterocycles. The summed E-state index contributed by atoms with van der Waals surface area (Å²) in [6.45, 7) is -0.989. The van der Waals surface area contributed by atoms with E-state index < -0.39 is 68.0 Å². The summed E-state index contributed by atoms with van der Waals surface area (Å²) in [4.78, 5) is 0. The minimum Gasteiger partial charge on any atom is -0.394 e. The second-order valence-corrected chi connectivity index (χ2v) is 5.78. The number of aliphatic hydroxyl groups is 7. The molecule has 0 aromatic carbocycles. The Bertz CT molecular complexity index is 356. The van der Waals surface area contributed by atoms with Crippen LogP contribution < -0.4 is 0 Å². The van der Waals surface area contributed by atoms with Gasteiger partial charge in [-0.1, -0.05) is 0 Å². The molecule has 2 aliphatic heterocycles. The van der Waals surface area contributed by atoms with Gasteiger partial charge in [0.15, 0.2) is 12.6 Å². The average molecular weight is 356 g/mol. The highest BCUT2D eigenvalue weighted by atomic mass is 16.7. The SMILES string of the molecule is CO[C@@H]1O[C@H](CO[C@@H]2O[C@H](CO)[C@H](O)[C@H](O)[C@H]2O)[C@H](O)[C@H](O)[C@H]1O. The van der Waals surface area contributed by atoms with Crippen LogP contribution in [0.5, 0.6) is 0 Å². The number of hydrogen-bond donors (Lipinski definition) is 7. The summed E-state index contributed by atoms with van der Waals surface area (Å²) in [6, 6.07) is 0. The zero-order chi connectivity index (χ0) is 18.0. The van der Waals surface area contributed by atoms with E-state index in [-0.39, 0.29) is 6.61 Å². The van der Waals surface area contributed by atoms with Crippen LogP contribution in [-0.4, -0.2) is 117 Å². The lowest BCUT2D eigenvalue weighted by Crippen LogP contribution is -2.61. The molecule has 7 N–H and O–H groups in total. The molecule has 2 fully saturated rings. The molecule has 11 heteroatoms. The molecule has 2 aliphatic rings. The molecule has 0 aromatic rings. The Morgan fingerprint density at radius 2 is 1.21 bits per heavy atom. The fourth-order valence-corrected chi connectivity index (χ4v) is 2.64. The van der Waals surface area contributed by atoms with E-state index in [9.17, 15) is 30.6 Å². The third-order valence-electron chi connectivity index (χ3n) is 4.17. The normalized spacial score (nSPS) is 50.0. The number of ether oxygens (including phenoxy) is 4. The van der Waals surface area contributed by atoms with E-state index in [2.05, 4.69) is 0 Å². The van der Waals surface area contributed by atoms with Gasteiger partial charge in [-0.15, -0.1) is 0 Å². The van der Waals surface area contributed by atoms with E-state index in [1.807, 2.05) is 0 Å². The van der Waals surface area contributed by atoms with Gasteiger partial charge in [0.25, 0.3) is 0 Å². The first-order valence-electron chi connectivity index (χ1n) is 7.46. The topological polar surface area (TPSA) is 179 Å². The van der Waals surface area contributed by atoms with Gasteiger partial charge < -0.3 is 54.7 Å². The first kappa shape index (κ1) is 19.9. The molecule has 0 unspecified atom stereocenters. The summed E-state index contributed by atoms with van der Waals surface area (Å²) < 4.78 is 20.5. The van der Waals surface area contributed by atoms with Crippen LogP contribution in [0.25, 0.3) is 0 Å². The molecule has 142 valence electrons. The van der Waals surface area contributed by atoms with E-state index in [0.29, 0.717) is 0 Å². The van der Waals surface area contributed by atoms with Crippen molar-refractivity contribution in [2.45, 2.75) is 61.4 Å². The van der Waals surface area contributed by atoms with Gasteiger partial charge in [-0.25, -0.2) is 0 Å².